The number of unbranched alkanes of at least 4 members (excludes halogenated alkanes) is 13. The van der Waals surface area contributed by atoms with Crippen LogP contribution in [-0.4, -0.2) is 54.3 Å². The molecule has 0 aliphatic heterocycles. The van der Waals surface area contributed by atoms with E-state index in [1.165, 1.54) is 77.0 Å². The van der Waals surface area contributed by atoms with Crippen LogP contribution in [0.5, 0.6) is 0 Å². The van der Waals surface area contributed by atoms with Gasteiger partial charge in [0.05, 0.1) is 19.6 Å². The number of aliphatic hydroxyl groups is 1. The maximum atomic E-state index is 12.1. The Morgan fingerprint density at radius 3 is 1.49 bits per heavy atom. The molecule has 0 radical (unpaired) electrons. The quantitative estimate of drug-likeness (QED) is 0.0240. The standard InChI is InChI=1S/C49H82NO8P/c1-3-5-7-9-11-13-15-17-19-21-22-23-24-26-28-30-32-34-36-38-40-42-49(53)56-45-47(51)46-58-59(54,55)57-44-43-50-48(52)41-39-37-35-33-31-29-27-25-20-18-16-14-12-10-8-6-4-2/h5,7,11,13,17-20,22-23,26,28,32,34,38,40,47,51H,3-4,6,8-10,12,14-16,21,24-25,27,29-31,33,35-37,39,41-46H2,1-2H3,(H,50,52)(H,54,55)/b7-5-,13-11-,19-17-,20-18-,23-22-,28-26-,34-32-,40-38-. The molecule has 0 aliphatic carbocycles. The molecule has 336 valence electrons. The summed E-state index contributed by atoms with van der Waals surface area (Å²) >= 11 is 0. The average molecular weight is 844 g/mol. The summed E-state index contributed by atoms with van der Waals surface area (Å²) in [4.78, 5) is 33.9. The van der Waals surface area contributed by atoms with Crippen molar-refractivity contribution < 1.29 is 37.9 Å². The van der Waals surface area contributed by atoms with Crippen molar-refractivity contribution in [3.63, 3.8) is 0 Å². The molecule has 0 saturated heterocycles. The Morgan fingerprint density at radius 1 is 0.559 bits per heavy atom. The van der Waals surface area contributed by atoms with Crippen molar-refractivity contribution in [1.82, 2.24) is 5.32 Å². The predicted molar refractivity (Wildman–Crippen MR) is 247 cm³/mol. The number of nitrogens with one attached hydrogen (secondary N) is 1. The summed E-state index contributed by atoms with van der Waals surface area (Å²) in [6.07, 6.45) is 57.9. The second kappa shape index (κ2) is 44.5. The van der Waals surface area contributed by atoms with Crippen molar-refractivity contribution in [3.8, 4) is 0 Å². The minimum Gasteiger partial charge on any atom is -0.463 e. The van der Waals surface area contributed by atoms with Gasteiger partial charge in [-0.3, -0.25) is 18.6 Å². The number of phosphoric ester groups is 1. The zero-order valence-corrected chi connectivity index (χ0v) is 37.8. The van der Waals surface area contributed by atoms with E-state index in [1.54, 1.807) is 6.08 Å². The van der Waals surface area contributed by atoms with Gasteiger partial charge in [-0.2, -0.15) is 0 Å². The van der Waals surface area contributed by atoms with Crippen LogP contribution >= 0.6 is 7.82 Å². The zero-order valence-electron chi connectivity index (χ0n) is 36.9. The van der Waals surface area contributed by atoms with Crippen LogP contribution in [0.15, 0.2) is 97.2 Å². The number of carbonyl (C=O) groups excluding carboxylic acids is 2. The van der Waals surface area contributed by atoms with Gasteiger partial charge in [-0.1, -0.05) is 175 Å². The maximum Gasteiger partial charge on any atom is 0.472 e. The lowest BCUT2D eigenvalue weighted by Crippen LogP contribution is -2.27. The summed E-state index contributed by atoms with van der Waals surface area (Å²) in [5, 5.41) is 12.7. The first-order chi connectivity index (χ1) is 28.8. The average Bonchev–Trinajstić information content (AvgIpc) is 3.22. The van der Waals surface area contributed by atoms with Gasteiger partial charge in [0.2, 0.25) is 5.91 Å². The molecular formula is C49H82NO8P. The molecule has 10 heteroatoms. The lowest BCUT2D eigenvalue weighted by molar-refractivity contribution is -0.146. The third-order valence-electron chi connectivity index (χ3n) is 9.03. The predicted octanol–water partition coefficient (Wildman–Crippen LogP) is 13.0. The van der Waals surface area contributed by atoms with Crippen LogP contribution in [0, 0.1) is 0 Å². The molecule has 0 saturated carbocycles. The van der Waals surface area contributed by atoms with Crippen LogP contribution < -0.4 is 5.32 Å². The van der Waals surface area contributed by atoms with E-state index in [2.05, 4.69) is 98.2 Å². The second-order valence-electron chi connectivity index (χ2n) is 14.7. The number of amides is 1. The van der Waals surface area contributed by atoms with Gasteiger partial charge in [-0.15, -0.1) is 0 Å². The van der Waals surface area contributed by atoms with Gasteiger partial charge in [-0.05, 0) is 77.0 Å². The Bertz CT molecular complexity index is 1280. The van der Waals surface area contributed by atoms with Crippen LogP contribution in [0.4, 0.5) is 0 Å². The highest BCUT2D eigenvalue weighted by atomic mass is 31.2. The third-order valence-corrected chi connectivity index (χ3v) is 10.0. The fourth-order valence-corrected chi connectivity index (χ4v) is 6.39. The number of esters is 1. The van der Waals surface area contributed by atoms with E-state index >= 15 is 0 Å². The van der Waals surface area contributed by atoms with E-state index in [4.69, 9.17) is 13.8 Å². The molecule has 1 amide bonds. The van der Waals surface area contributed by atoms with Gasteiger partial charge in [0, 0.05) is 13.0 Å². The maximum absolute atomic E-state index is 12.1. The summed E-state index contributed by atoms with van der Waals surface area (Å²) in [6.45, 7) is 3.30. The van der Waals surface area contributed by atoms with Crippen molar-refractivity contribution in [2.24, 2.45) is 0 Å². The second-order valence-corrected chi connectivity index (χ2v) is 16.1. The molecule has 0 aromatic heterocycles. The minimum atomic E-state index is -4.45. The Balaban J connectivity index is 3.75. The summed E-state index contributed by atoms with van der Waals surface area (Å²) in [7, 11) is -4.45. The van der Waals surface area contributed by atoms with Crippen LogP contribution in [-0.2, 0) is 27.9 Å². The molecule has 0 rings (SSSR count). The van der Waals surface area contributed by atoms with Gasteiger partial charge >= 0.3 is 13.8 Å². The van der Waals surface area contributed by atoms with E-state index in [9.17, 15) is 24.2 Å². The van der Waals surface area contributed by atoms with Crippen molar-refractivity contribution in [2.75, 3.05) is 26.4 Å². The number of carbonyl (C=O) groups is 2. The topological polar surface area (TPSA) is 131 Å². The van der Waals surface area contributed by atoms with Crippen molar-refractivity contribution >= 4 is 19.7 Å². The van der Waals surface area contributed by atoms with Gasteiger partial charge in [0.15, 0.2) is 0 Å². The fraction of sp³-hybridized carbons (Fsp3) is 0.633. The number of phosphoric acid groups is 1. The van der Waals surface area contributed by atoms with E-state index in [1.807, 2.05) is 12.2 Å². The first kappa shape index (κ1) is 55.9. The monoisotopic (exact) mass is 844 g/mol. The Labute approximate surface area is 359 Å². The molecule has 0 aliphatic rings. The largest absolute Gasteiger partial charge is 0.472 e. The first-order valence-electron chi connectivity index (χ1n) is 22.7. The summed E-state index contributed by atoms with van der Waals surface area (Å²) in [6, 6.07) is 0. The van der Waals surface area contributed by atoms with E-state index < -0.39 is 26.5 Å². The first-order valence-corrected chi connectivity index (χ1v) is 24.2. The van der Waals surface area contributed by atoms with Gasteiger partial charge < -0.3 is 20.1 Å². The molecule has 0 aromatic rings. The molecular weight excluding hydrogens is 762 g/mol. The number of ether oxygens (including phenoxy) is 1. The summed E-state index contributed by atoms with van der Waals surface area (Å²) in [5.41, 5.74) is 0. The molecule has 0 aromatic carbocycles. The highest BCUT2D eigenvalue weighted by Crippen LogP contribution is 2.42. The normalized spacial score (nSPS) is 14.2. The molecule has 0 fully saturated rings. The van der Waals surface area contributed by atoms with E-state index in [-0.39, 0.29) is 32.1 Å². The number of rotatable bonds is 41. The Hall–Kier alpha value is -3.07. The molecule has 59 heavy (non-hydrogen) atoms. The van der Waals surface area contributed by atoms with Crippen LogP contribution in [0.1, 0.15) is 168 Å². The number of allylic oxidation sites excluding steroid dienone is 15. The Morgan fingerprint density at radius 2 is 1.00 bits per heavy atom. The Kier molecular flexibility index (Phi) is 42.2. The molecule has 2 unspecified atom stereocenters. The summed E-state index contributed by atoms with van der Waals surface area (Å²) in [5.74, 6) is -0.661. The molecule has 9 nitrogen and oxygen atoms in total. The number of hydrogen-bond donors (Lipinski definition) is 3. The minimum absolute atomic E-state index is 0.0428. The molecule has 2 atom stereocenters. The fourth-order valence-electron chi connectivity index (χ4n) is 5.64. The van der Waals surface area contributed by atoms with E-state index in [0.717, 1.165) is 57.8 Å². The van der Waals surface area contributed by atoms with Gasteiger partial charge in [0.1, 0.15) is 12.7 Å². The van der Waals surface area contributed by atoms with Gasteiger partial charge in [0.25, 0.3) is 0 Å². The zero-order chi connectivity index (χ0) is 43.2. The van der Waals surface area contributed by atoms with Crippen LogP contribution in [0.25, 0.3) is 0 Å². The molecule has 3 N–H and O–H groups in total. The number of hydrogen-bond acceptors (Lipinski definition) is 7. The molecule has 0 spiro atoms. The SMILES string of the molecule is CC/C=C\C/C=C\C/C=C\C/C=C\C/C=C\C/C=C\C/C=C\CC(=O)OCC(O)COP(=O)(O)OCCNC(=O)CCCCCCCCC/C=C\CCCCCCCC. The van der Waals surface area contributed by atoms with Crippen molar-refractivity contribution in [3.05, 3.63) is 97.2 Å². The van der Waals surface area contributed by atoms with Gasteiger partial charge in [-0.25, -0.2) is 4.57 Å². The third kappa shape index (κ3) is 45.9. The highest BCUT2D eigenvalue weighted by molar-refractivity contribution is 7.47. The number of aliphatic hydroxyl groups excluding tert-OH is 1. The summed E-state index contributed by atoms with van der Waals surface area (Å²) < 4.78 is 26.8. The van der Waals surface area contributed by atoms with Crippen LogP contribution in [0.2, 0.25) is 0 Å². The molecule has 0 heterocycles. The highest BCUT2D eigenvalue weighted by Gasteiger charge is 2.23. The smallest absolute Gasteiger partial charge is 0.463 e. The van der Waals surface area contributed by atoms with Crippen molar-refractivity contribution in [2.45, 2.75) is 174 Å². The van der Waals surface area contributed by atoms with E-state index in [0.29, 0.717) is 12.8 Å². The van der Waals surface area contributed by atoms with Crippen molar-refractivity contribution in [1.29, 1.82) is 0 Å². The lowest BCUT2D eigenvalue weighted by Gasteiger charge is -2.15. The lowest BCUT2D eigenvalue weighted by atomic mass is 10.1. The van der Waals surface area contributed by atoms with Crippen LogP contribution in [0.3, 0.4) is 0 Å². The molecule has 0 bridgehead atoms.